The standard InChI is InChI=1S/C20H29BrN4O.HI/c1-14(2)18(26)25-11-8-15(12-25)24-19(22-3)23-13-20(9-10-20)16-6-4-5-7-17(16)21;/h4-7,14-15H,8-13H2,1-3H3,(H2,22,23,24);1H. The first-order valence-corrected chi connectivity index (χ1v) is 10.3. The minimum Gasteiger partial charge on any atom is -0.356 e. The molecule has 5 nitrogen and oxygen atoms in total. The van der Waals surface area contributed by atoms with Gasteiger partial charge in [-0.15, -0.1) is 24.0 Å². The number of amides is 1. The van der Waals surface area contributed by atoms with Crippen molar-refractivity contribution in [2.75, 3.05) is 26.7 Å². The van der Waals surface area contributed by atoms with Crippen molar-refractivity contribution in [3.63, 3.8) is 0 Å². The second-order valence-corrected chi connectivity index (χ2v) is 8.61. The molecule has 1 saturated carbocycles. The third-order valence-electron chi connectivity index (χ3n) is 5.45. The average Bonchev–Trinajstić information content (AvgIpc) is 3.27. The van der Waals surface area contributed by atoms with Gasteiger partial charge in [0.15, 0.2) is 5.96 Å². The lowest BCUT2D eigenvalue weighted by Crippen LogP contribution is -2.47. The molecule has 7 heteroatoms. The van der Waals surface area contributed by atoms with Crippen molar-refractivity contribution in [2.24, 2.45) is 10.9 Å². The predicted octanol–water partition coefficient (Wildman–Crippen LogP) is 3.52. The smallest absolute Gasteiger partial charge is 0.225 e. The number of carbonyl (C=O) groups is 1. The number of halogens is 2. The van der Waals surface area contributed by atoms with Crippen LogP contribution in [-0.2, 0) is 10.2 Å². The maximum Gasteiger partial charge on any atom is 0.225 e. The van der Waals surface area contributed by atoms with E-state index in [0.717, 1.165) is 32.0 Å². The molecule has 27 heavy (non-hydrogen) atoms. The topological polar surface area (TPSA) is 56.7 Å². The molecule has 0 aromatic heterocycles. The molecule has 1 amide bonds. The summed E-state index contributed by atoms with van der Waals surface area (Å²) >= 11 is 3.69. The second kappa shape index (κ2) is 9.58. The van der Waals surface area contributed by atoms with E-state index in [-0.39, 0.29) is 47.3 Å². The maximum atomic E-state index is 12.1. The van der Waals surface area contributed by atoms with Crippen LogP contribution in [0.25, 0.3) is 0 Å². The molecule has 0 bridgehead atoms. The van der Waals surface area contributed by atoms with Crippen LogP contribution in [-0.4, -0.2) is 49.5 Å². The number of carbonyl (C=O) groups excluding carboxylic acids is 1. The highest BCUT2D eigenvalue weighted by molar-refractivity contribution is 14.0. The van der Waals surface area contributed by atoms with Crippen molar-refractivity contribution in [1.82, 2.24) is 15.5 Å². The summed E-state index contributed by atoms with van der Waals surface area (Å²) in [5.41, 5.74) is 1.57. The molecular formula is C20H30BrIN4O. The molecule has 2 fully saturated rings. The number of hydrogen-bond donors (Lipinski definition) is 2. The van der Waals surface area contributed by atoms with E-state index in [4.69, 9.17) is 0 Å². The fraction of sp³-hybridized carbons (Fsp3) is 0.600. The Labute approximate surface area is 187 Å². The highest BCUT2D eigenvalue weighted by atomic mass is 127. The Morgan fingerprint density at radius 3 is 2.67 bits per heavy atom. The zero-order valence-corrected chi connectivity index (χ0v) is 20.2. The Bertz CT molecular complexity index is 690. The molecule has 1 saturated heterocycles. The van der Waals surface area contributed by atoms with Gasteiger partial charge in [-0.05, 0) is 30.9 Å². The summed E-state index contributed by atoms with van der Waals surface area (Å²) in [6.45, 7) is 6.37. The zero-order chi connectivity index (χ0) is 18.7. The summed E-state index contributed by atoms with van der Waals surface area (Å²) in [5, 5.41) is 7.00. The molecular weight excluding hydrogens is 519 g/mol. The van der Waals surface area contributed by atoms with Crippen molar-refractivity contribution >= 4 is 51.8 Å². The molecule has 150 valence electrons. The summed E-state index contributed by atoms with van der Waals surface area (Å²) < 4.78 is 1.18. The van der Waals surface area contributed by atoms with Crippen LogP contribution in [0.4, 0.5) is 0 Å². The van der Waals surface area contributed by atoms with Crippen LogP contribution < -0.4 is 10.6 Å². The number of likely N-dealkylation sites (tertiary alicyclic amines) is 1. The van der Waals surface area contributed by atoms with Gasteiger partial charge in [0.05, 0.1) is 0 Å². The summed E-state index contributed by atoms with van der Waals surface area (Å²) in [6.07, 6.45) is 3.36. The van der Waals surface area contributed by atoms with Gasteiger partial charge >= 0.3 is 0 Å². The van der Waals surface area contributed by atoms with E-state index in [1.54, 1.807) is 7.05 Å². The zero-order valence-electron chi connectivity index (χ0n) is 16.3. The highest BCUT2D eigenvalue weighted by Gasteiger charge is 2.45. The fourth-order valence-corrected chi connectivity index (χ4v) is 4.37. The van der Waals surface area contributed by atoms with Gasteiger partial charge in [0.2, 0.25) is 5.91 Å². The van der Waals surface area contributed by atoms with Crippen LogP contribution in [0.5, 0.6) is 0 Å². The van der Waals surface area contributed by atoms with Crippen molar-refractivity contribution < 1.29 is 4.79 Å². The Kier molecular flexibility index (Phi) is 7.97. The third kappa shape index (κ3) is 5.37. The largest absolute Gasteiger partial charge is 0.356 e. The lowest BCUT2D eigenvalue weighted by atomic mass is 9.96. The van der Waals surface area contributed by atoms with E-state index in [2.05, 4.69) is 55.8 Å². The molecule has 1 aromatic rings. The van der Waals surface area contributed by atoms with Gasteiger partial charge in [-0.3, -0.25) is 9.79 Å². The average molecular weight is 549 g/mol. The molecule has 1 atom stereocenters. The van der Waals surface area contributed by atoms with E-state index >= 15 is 0 Å². The quantitative estimate of drug-likeness (QED) is 0.336. The van der Waals surface area contributed by atoms with Crippen molar-refractivity contribution in [2.45, 2.75) is 44.6 Å². The van der Waals surface area contributed by atoms with E-state index in [1.807, 2.05) is 18.7 Å². The number of guanidine groups is 1. The SMILES string of the molecule is CN=C(NCC1(c2ccccc2Br)CC1)NC1CCN(C(=O)C(C)C)C1.I. The predicted molar refractivity (Wildman–Crippen MR) is 125 cm³/mol. The Morgan fingerprint density at radius 1 is 1.37 bits per heavy atom. The van der Waals surface area contributed by atoms with Crippen LogP contribution >= 0.6 is 39.9 Å². The van der Waals surface area contributed by atoms with E-state index in [1.165, 1.54) is 22.9 Å². The summed E-state index contributed by atoms with van der Waals surface area (Å²) in [7, 11) is 1.80. The van der Waals surface area contributed by atoms with Crippen molar-refractivity contribution in [1.29, 1.82) is 0 Å². The van der Waals surface area contributed by atoms with Gasteiger partial charge in [0, 0.05) is 48.5 Å². The van der Waals surface area contributed by atoms with Crippen LogP contribution in [0.2, 0.25) is 0 Å². The monoisotopic (exact) mass is 548 g/mol. The fourth-order valence-electron chi connectivity index (χ4n) is 3.67. The molecule has 1 aromatic carbocycles. The Hall–Kier alpha value is -0.830. The molecule has 3 rings (SSSR count). The Morgan fingerprint density at radius 2 is 2.07 bits per heavy atom. The van der Waals surface area contributed by atoms with Gasteiger partial charge in [-0.2, -0.15) is 0 Å². The van der Waals surface area contributed by atoms with Crippen molar-refractivity contribution in [3.05, 3.63) is 34.3 Å². The molecule has 2 aliphatic rings. The third-order valence-corrected chi connectivity index (χ3v) is 6.14. The second-order valence-electron chi connectivity index (χ2n) is 7.75. The van der Waals surface area contributed by atoms with Gasteiger partial charge < -0.3 is 15.5 Å². The van der Waals surface area contributed by atoms with Gasteiger partial charge in [-0.1, -0.05) is 48.0 Å². The van der Waals surface area contributed by atoms with Crippen LogP contribution in [0.15, 0.2) is 33.7 Å². The van der Waals surface area contributed by atoms with Gasteiger partial charge in [-0.25, -0.2) is 0 Å². The first-order chi connectivity index (χ1) is 12.4. The van der Waals surface area contributed by atoms with Gasteiger partial charge in [0.25, 0.3) is 0 Å². The highest BCUT2D eigenvalue weighted by Crippen LogP contribution is 2.49. The molecule has 1 aliphatic heterocycles. The number of hydrogen-bond acceptors (Lipinski definition) is 2. The number of benzene rings is 1. The molecule has 2 N–H and O–H groups in total. The van der Waals surface area contributed by atoms with Gasteiger partial charge in [0.1, 0.15) is 0 Å². The molecule has 0 radical (unpaired) electrons. The lowest BCUT2D eigenvalue weighted by Gasteiger charge is -2.23. The number of nitrogens with one attached hydrogen (secondary N) is 2. The van der Waals surface area contributed by atoms with E-state index < -0.39 is 0 Å². The van der Waals surface area contributed by atoms with E-state index in [0.29, 0.717) is 0 Å². The first kappa shape index (κ1) is 22.5. The minimum atomic E-state index is 0. The molecule has 1 unspecified atom stereocenters. The molecule has 1 aliphatic carbocycles. The van der Waals surface area contributed by atoms with Crippen LogP contribution in [0.1, 0.15) is 38.7 Å². The molecule has 0 spiro atoms. The van der Waals surface area contributed by atoms with Crippen LogP contribution in [0.3, 0.4) is 0 Å². The normalized spacial score (nSPS) is 21.0. The lowest BCUT2D eigenvalue weighted by molar-refractivity contribution is -0.133. The summed E-state index contributed by atoms with van der Waals surface area (Å²) in [6, 6.07) is 8.75. The summed E-state index contributed by atoms with van der Waals surface area (Å²) in [4.78, 5) is 18.5. The van der Waals surface area contributed by atoms with Crippen LogP contribution in [0, 0.1) is 5.92 Å². The minimum absolute atomic E-state index is 0. The summed E-state index contributed by atoms with van der Waals surface area (Å²) in [5.74, 6) is 1.13. The van der Waals surface area contributed by atoms with Crippen molar-refractivity contribution in [3.8, 4) is 0 Å². The number of nitrogens with zero attached hydrogens (tertiary/aromatic N) is 2. The first-order valence-electron chi connectivity index (χ1n) is 9.46. The maximum absolute atomic E-state index is 12.1. The number of rotatable bonds is 5. The van der Waals surface area contributed by atoms with E-state index in [9.17, 15) is 4.79 Å². The Balaban J connectivity index is 0.00000261. The number of aliphatic imine (C=N–C) groups is 1. The molecule has 1 heterocycles.